The van der Waals surface area contributed by atoms with Crippen LogP contribution in [0, 0.1) is 0 Å². The van der Waals surface area contributed by atoms with E-state index in [1.54, 1.807) is 18.2 Å². The molecule has 6 heteroatoms. The molecule has 6 nitrogen and oxygen atoms in total. The number of esters is 2. The molecule has 2 aromatic carbocycles. The molecule has 0 atom stereocenters. The van der Waals surface area contributed by atoms with E-state index in [9.17, 15) is 9.59 Å². The largest absolute Gasteiger partial charge is 0.423 e. The van der Waals surface area contributed by atoms with Gasteiger partial charge in [0.15, 0.2) is 0 Å². The minimum atomic E-state index is -0.673. The van der Waals surface area contributed by atoms with E-state index in [2.05, 4.69) is 20.1 Å². The molecule has 0 radical (unpaired) electrons. The summed E-state index contributed by atoms with van der Waals surface area (Å²) in [5.41, 5.74) is 2.93. The van der Waals surface area contributed by atoms with E-state index in [0.717, 1.165) is 36.0 Å². The number of hydrogen-bond donors (Lipinski definition) is 2. The van der Waals surface area contributed by atoms with Crippen molar-refractivity contribution in [1.29, 1.82) is 0 Å². The van der Waals surface area contributed by atoms with Crippen molar-refractivity contribution in [1.82, 2.24) is 0 Å². The summed E-state index contributed by atoms with van der Waals surface area (Å²) >= 11 is 0. The second-order valence-corrected chi connectivity index (χ2v) is 7.81. The Morgan fingerprint density at radius 2 is 1.33 bits per heavy atom. The van der Waals surface area contributed by atoms with Gasteiger partial charge in [-0.25, -0.2) is 9.59 Å². The highest BCUT2D eigenvalue weighted by Gasteiger charge is 2.13. The van der Waals surface area contributed by atoms with E-state index >= 15 is 0 Å². The molecule has 0 heterocycles. The number of unbranched alkanes of at least 4 members (excludes halogenated alkanes) is 4. The van der Waals surface area contributed by atoms with Gasteiger partial charge in [-0.1, -0.05) is 64.0 Å². The van der Waals surface area contributed by atoms with Crippen LogP contribution in [0.1, 0.15) is 44.6 Å². The fourth-order valence-electron chi connectivity index (χ4n) is 3.23. The average molecular weight is 453 g/mol. The average Bonchev–Trinajstić information content (AvgIpc) is 2.83. The third kappa shape index (κ3) is 8.00. The van der Waals surface area contributed by atoms with Crippen LogP contribution in [0.3, 0.4) is 0 Å². The molecule has 0 unspecified atom stereocenters. The van der Waals surface area contributed by atoms with Crippen LogP contribution in [0.25, 0.3) is 11.1 Å². The van der Waals surface area contributed by atoms with Crippen molar-refractivity contribution in [2.75, 3.05) is 13.2 Å². The van der Waals surface area contributed by atoms with Crippen molar-refractivity contribution >= 4 is 11.9 Å². The predicted octanol–water partition coefficient (Wildman–Crippen LogP) is 4.77. The van der Waals surface area contributed by atoms with Crippen LogP contribution in [0.5, 0.6) is 11.5 Å². The van der Waals surface area contributed by atoms with Crippen molar-refractivity contribution < 1.29 is 29.3 Å². The molecular weight excluding hydrogens is 420 g/mol. The summed E-state index contributed by atoms with van der Waals surface area (Å²) < 4.78 is 10.6. The summed E-state index contributed by atoms with van der Waals surface area (Å²) in [7, 11) is 0. The number of rotatable bonds is 13. The summed E-state index contributed by atoms with van der Waals surface area (Å²) in [6.07, 6.45) is 6.49. The van der Waals surface area contributed by atoms with E-state index in [-0.39, 0.29) is 11.1 Å². The number of aryl methyl sites for hydroxylation is 1. The third-order valence-electron chi connectivity index (χ3n) is 5.17. The Bertz CT molecular complexity index is 975. The van der Waals surface area contributed by atoms with Gasteiger partial charge in [-0.2, -0.15) is 0 Å². The molecule has 0 bridgehead atoms. The number of carbonyl (C=O) groups excluding carboxylic acids is 2. The van der Waals surface area contributed by atoms with Gasteiger partial charge in [-0.15, -0.1) is 0 Å². The van der Waals surface area contributed by atoms with Crippen molar-refractivity contribution in [2.24, 2.45) is 0 Å². The molecule has 176 valence electrons. The standard InChI is InChI=1S/C27H32O6/c1-4-5-6-7-8-9-22-16-24(33-27(31)20(3)18-29)14-15-25(22)21-10-12-23(13-11-21)32-26(30)19(2)17-28/h10-16,28-29H,2-9,17-18H2,1H3. The zero-order valence-corrected chi connectivity index (χ0v) is 19.1. The third-order valence-corrected chi connectivity index (χ3v) is 5.17. The minimum Gasteiger partial charge on any atom is -0.423 e. The topological polar surface area (TPSA) is 93.1 Å². The zero-order chi connectivity index (χ0) is 24.2. The zero-order valence-electron chi connectivity index (χ0n) is 19.1. The first-order valence-electron chi connectivity index (χ1n) is 11.1. The lowest BCUT2D eigenvalue weighted by atomic mass is 9.95. The molecule has 2 rings (SSSR count). The number of ether oxygens (including phenoxy) is 2. The van der Waals surface area contributed by atoms with Gasteiger partial charge in [-0.05, 0) is 53.8 Å². The quantitative estimate of drug-likeness (QED) is 0.197. The van der Waals surface area contributed by atoms with Crippen LogP contribution < -0.4 is 9.47 Å². The molecule has 0 fully saturated rings. The van der Waals surface area contributed by atoms with E-state index in [1.165, 1.54) is 19.3 Å². The highest BCUT2D eigenvalue weighted by Crippen LogP contribution is 2.30. The highest BCUT2D eigenvalue weighted by atomic mass is 16.5. The number of carbonyl (C=O) groups is 2. The number of aliphatic hydroxyl groups excluding tert-OH is 2. The van der Waals surface area contributed by atoms with Gasteiger partial charge in [-0.3, -0.25) is 0 Å². The van der Waals surface area contributed by atoms with Crippen LogP contribution in [0.4, 0.5) is 0 Å². The summed E-state index contributed by atoms with van der Waals surface area (Å²) in [5.74, 6) is -0.578. The smallest absolute Gasteiger partial charge is 0.341 e. The number of benzene rings is 2. The molecule has 0 aliphatic heterocycles. The Balaban J connectivity index is 2.23. The van der Waals surface area contributed by atoms with Crippen LogP contribution in [0.15, 0.2) is 66.8 Å². The number of aliphatic hydroxyl groups is 2. The van der Waals surface area contributed by atoms with Gasteiger partial charge >= 0.3 is 11.9 Å². The Labute approximate surface area is 195 Å². The van der Waals surface area contributed by atoms with Gasteiger partial charge in [0.1, 0.15) is 11.5 Å². The van der Waals surface area contributed by atoms with Gasteiger partial charge in [0.05, 0.1) is 24.4 Å². The molecular formula is C27H32O6. The van der Waals surface area contributed by atoms with Crippen molar-refractivity contribution in [2.45, 2.75) is 45.4 Å². The molecule has 0 saturated carbocycles. The van der Waals surface area contributed by atoms with E-state index in [4.69, 9.17) is 19.7 Å². The first-order valence-corrected chi connectivity index (χ1v) is 11.1. The maximum atomic E-state index is 12.0. The first kappa shape index (κ1) is 26.0. The van der Waals surface area contributed by atoms with E-state index < -0.39 is 25.2 Å². The Hall–Kier alpha value is -3.22. The maximum Gasteiger partial charge on any atom is 0.341 e. The molecule has 0 aliphatic rings. The molecule has 2 aromatic rings. The minimum absolute atomic E-state index is 0.00536. The SMILES string of the molecule is C=C(CO)C(=O)Oc1ccc(-c2ccc(OC(=O)C(=C)CO)cc2CCCCCCC)cc1. The van der Waals surface area contributed by atoms with Gasteiger partial charge in [0.25, 0.3) is 0 Å². The molecule has 33 heavy (non-hydrogen) atoms. The van der Waals surface area contributed by atoms with Crippen LogP contribution in [-0.2, 0) is 16.0 Å². The van der Waals surface area contributed by atoms with Crippen LogP contribution in [-0.4, -0.2) is 35.4 Å². The molecule has 2 N–H and O–H groups in total. The summed E-state index contributed by atoms with van der Waals surface area (Å²) in [6, 6.07) is 12.5. The Kier molecular flexibility index (Phi) is 10.5. The monoisotopic (exact) mass is 452 g/mol. The maximum absolute atomic E-state index is 12.0. The fraction of sp³-hybridized carbons (Fsp3) is 0.333. The molecule has 0 amide bonds. The summed E-state index contributed by atoms with van der Waals surface area (Å²) in [6.45, 7) is 8.22. The van der Waals surface area contributed by atoms with Crippen molar-refractivity contribution in [3.63, 3.8) is 0 Å². The second kappa shape index (κ2) is 13.4. The highest BCUT2D eigenvalue weighted by molar-refractivity contribution is 5.90. The lowest BCUT2D eigenvalue weighted by molar-refractivity contribution is -0.131. The molecule has 0 spiro atoms. The normalized spacial score (nSPS) is 10.5. The van der Waals surface area contributed by atoms with Gasteiger partial charge < -0.3 is 19.7 Å². The molecule has 0 aromatic heterocycles. The molecule has 0 saturated heterocycles. The predicted molar refractivity (Wildman–Crippen MR) is 128 cm³/mol. The number of hydrogen-bond acceptors (Lipinski definition) is 6. The van der Waals surface area contributed by atoms with Crippen molar-refractivity contribution in [3.8, 4) is 22.6 Å². The fourth-order valence-corrected chi connectivity index (χ4v) is 3.23. The summed E-state index contributed by atoms with van der Waals surface area (Å²) in [4.78, 5) is 23.8. The Morgan fingerprint density at radius 3 is 1.91 bits per heavy atom. The first-order chi connectivity index (χ1) is 15.9. The van der Waals surface area contributed by atoms with Gasteiger partial charge in [0, 0.05) is 0 Å². The van der Waals surface area contributed by atoms with Gasteiger partial charge in [0.2, 0.25) is 0 Å². The Morgan fingerprint density at radius 1 is 0.788 bits per heavy atom. The molecule has 0 aliphatic carbocycles. The summed E-state index contributed by atoms with van der Waals surface area (Å²) in [5, 5.41) is 18.1. The van der Waals surface area contributed by atoms with Crippen LogP contribution in [0.2, 0.25) is 0 Å². The second-order valence-electron chi connectivity index (χ2n) is 7.81. The van der Waals surface area contributed by atoms with Crippen LogP contribution >= 0.6 is 0 Å². The van der Waals surface area contributed by atoms with E-state index in [1.807, 2.05) is 24.3 Å². The van der Waals surface area contributed by atoms with E-state index in [0.29, 0.717) is 11.5 Å². The van der Waals surface area contributed by atoms with Crippen molar-refractivity contribution in [3.05, 3.63) is 72.3 Å². The lowest BCUT2D eigenvalue weighted by Crippen LogP contribution is -2.13. The lowest BCUT2D eigenvalue weighted by Gasteiger charge is -2.14.